The number of halogens is 3. The zero-order chi connectivity index (χ0) is 22.5. The molecule has 0 radical (unpaired) electrons. The van der Waals surface area contributed by atoms with Gasteiger partial charge < -0.3 is 5.32 Å². The Bertz CT molecular complexity index is 1140. The van der Waals surface area contributed by atoms with Crippen LogP contribution in [0, 0.1) is 0 Å². The Morgan fingerprint density at radius 2 is 1.48 bits per heavy atom. The van der Waals surface area contributed by atoms with E-state index in [9.17, 15) is 26.4 Å². The number of benzene rings is 3. The molecule has 0 aliphatic rings. The zero-order valence-corrected chi connectivity index (χ0v) is 17.0. The summed E-state index contributed by atoms with van der Waals surface area (Å²) >= 11 is 0. The molecule has 0 heterocycles. The molecule has 1 amide bonds. The summed E-state index contributed by atoms with van der Waals surface area (Å²) in [7, 11) is -4.04. The number of carbonyl (C=O) groups excluding carboxylic acids is 1. The minimum atomic E-state index is -4.57. The van der Waals surface area contributed by atoms with Crippen molar-refractivity contribution in [3.05, 3.63) is 96.1 Å². The predicted molar refractivity (Wildman–Crippen MR) is 111 cm³/mol. The molecular formula is C22H19F3N2O3S. The molecule has 31 heavy (non-hydrogen) atoms. The molecule has 0 saturated heterocycles. The van der Waals surface area contributed by atoms with E-state index in [1.54, 1.807) is 48.5 Å². The van der Waals surface area contributed by atoms with E-state index < -0.39 is 33.7 Å². The first-order chi connectivity index (χ1) is 14.6. The number of carbonyl (C=O) groups is 1. The predicted octanol–water partition coefficient (Wildman–Crippen LogP) is 4.23. The van der Waals surface area contributed by atoms with Gasteiger partial charge in [-0.15, -0.1) is 0 Å². The van der Waals surface area contributed by atoms with Crippen LogP contribution in [0.2, 0.25) is 0 Å². The van der Waals surface area contributed by atoms with Gasteiger partial charge in [-0.3, -0.25) is 4.79 Å². The van der Waals surface area contributed by atoms with Crippen LogP contribution in [0.4, 0.5) is 18.9 Å². The van der Waals surface area contributed by atoms with Crippen molar-refractivity contribution in [3.8, 4) is 0 Å². The van der Waals surface area contributed by atoms with Gasteiger partial charge in [-0.2, -0.15) is 17.9 Å². The van der Waals surface area contributed by atoms with Gasteiger partial charge in [0.1, 0.15) is 6.04 Å². The maximum atomic E-state index is 13.0. The lowest BCUT2D eigenvalue weighted by Crippen LogP contribution is -2.45. The molecule has 0 aliphatic carbocycles. The van der Waals surface area contributed by atoms with Crippen molar-refractivity contribution in [2.24, 2.45) is 0 Å². The van der Waals surface area contributed by atoms with E-state index in [1.165, 1.54) is 24.3 Å². The van der Waals surface area contributed by atoms with Crippen LogP contribution in [0.3, 0.4) is 0 Å². The summed E-state index contributed by atoms with van der Waals surface area (Å²) in [6.45, 7) is 0. The van der Waals surface area contributed by atoms with E-state index in [4.69, 9.17) is 0 Å². The van der Waals surface area contributed by atoms with Gasteiger partial charge in [0.25, 0.3) is 0 Å². The van der Waals surface area contributed by atoms with Gasteiger partial charge in [-0.25, -0.2) is 8.42 Å². The number of nitrogens with one attached hydrogen (secondary N) is 2. The van der Waals surface area contributed by atoms with E-state index >= 15 is 0 Å². The lowest BCUT2D eigenvalue weighted by molar-refractivity contribution is -0.137. The number of hydrogen-bond donors (Lipinski definition) is 2. The van der Waals surface area contributed by atoms with Crippen LogP contribution < -0.4 is 10.0 Å². The fourth-order valence-electron chi connectivity index (χ4n) is 2.90. The number of alkyl halides is 3. The largest absolute Gasteiger partial charge is 0.416 e. The van der Waals surface area contributed by atoms with E-state index in [0.717, 1.165) is 12.1 Å². The van der Waals surface area contributed by atoms with Gasteiger partial charge in [0, 0.05) is 5.69 Å². The van der Waals surface area contributed by atoms with E-state index in [2.05, 4.69) is 10.0 Å². The summed E-state index contributed by atoms with van der Waals surface area (Å²) in [4.78, 5) is 12.8. The van der Waals surface area contributed by atoms with Crippen LogP contribution in [0.15, 0.2) is 89.8 Å². The molecule has 0 aromatic heterocycles. The molecular weight excluding hydrogens is 429 g/mol. The Kier molecular flexibility index (Phi) is 6.77. The maximum Gasteiger partial charge on any atom is 0.416 e. The zero-order valence-electron chi connectivity index (χ0n) is 16.1. The summed E-state index contributed by atoms with van der Waals surface area (Å²) in [6, 6.07) is 19.1. The molecule has 3 aromatic carbocycles. The summed E-state index contributed by atoms with van der Waals surface area (Å²) in [5.41, 5.74) is -0.325. The first-order valence-electron chi connectivity index (χ1n) is 9.24. The summed E-state index contributed by atoms with van der Waals surface area (Å²) in [6.07, 6.45) is -4.56. The van der Waals surface area contributed by atoms with Crippen molar-refractivity contribution >= 4 is 21.6 Å². The highest BCUT2D eigenvalue weighted by molar-refractivity contribution is 7.89. The molecule has 0 spiro atoms. The van der Waals surface area contributed by atoms with Crippen LogP contribution in [0.25, 0.3) is 0 Å². The quantitative estimate of drug-likeness (QED) is 0.568. The average Bonchev–Trinajstić information content (AvgIpc) is 2.74. The second kappa shape index (κ2) is 9.32. The molecule has 3 aromatic rings. The van der Waals surface area contributed by atoms with Crippen molar-refractivity contribution < 1.29 is 26.4 Å². The Labute approximate surface area is 178 Å². The number of amides is 1. The van der Waals surface area contributed by atoms with Crippen LogP contribution in [0.1, 0.15) is 11.1 Å². The van der Waals surface area contributed by atoms with Crippen molar-refractivity contribution in [3.63, 3.8) is 0 Å². The Balaban J connectivity index is 1.86. The van der Waals surface area contributed by atoms with Gasteiger partial charge in [0.15, 0.2) is 0 Å². The topological polar surface area (TPSA) is 75.3 Å². The summed E-state index contributed by atoms with van der Waals surface area (Å²) in [5.74, 6) is -0.775. The van der Waals surface area contributed by atoms with Crippen molar-refractivity contribution in [1.29, 1.82) is 0 Å². The SMILES string of the molecule is O=C(Nc1cccc(C(F)(F)F)c1)[C@H](Cc1ccccc1)NS(=O)(=O)c1ccccc1. The number of sulfonamides is 1. The highest BCUT2D eigenvalue weighted by Gasteiger charge is 2.31. The van der Waals surface area contributed by atoms with Gasteiger partial charge in [-0.05, 0) is 42.3 Å². The van der Waals surface area contributed by atoms with Gasteiger partial charge in [-0.1, -0.05) is 54.6 Å². The van der Waals surface area contributed by atoms with E-state index in [-0.39, 0.29) is 17.0 Å². The maximum absolute atomic E-state index is 13.0. The second-order valence-electron chi connectivity index (χ2n) is 6.74. The minimum Gasteiger partial charge on any atom is -0.325 e. The lowest BCUT2D eigenvalue weighted by atomic mass is 10.1. The number of rotatable bonds is 7. The van der Waals surface area contributed by atoms with E-state index in [0.29, 0.717) is 5.56 Å². The molecule has 0 fully saturated rings. The third-order valence-electron chi connectivity index (χ3n) is 4.41. The first kappa shape index (κ1) is 22.5. The van der Waals surface area contributed by atoms with Crippen LogP contribution in [-0.2, 0) is 27.4 Å². The summed E-state index contributed by atoms with van der Waals surface area (Å²) in [5, 5.41) is 2.38. The smallest absolute Gasteiger partial charge is 0.325 e. The average molecular weight is 448 g/mol. The normalized spacial score (nSPS) is 12.9. The van der Waals surface area contributed by atoms with Crippen molar-refractivity contribution in [1.82, 2.24) is 4.72 Å². The molecule has 2 N–H and O–H groups in total. The standard InChI is InChI=1S/C22H19F3N2O3S/c23-22(24,25)17-10-7-11-18(15-17)26-21(28)20(14-16-8-3-1-4-9-16)27-31(29,30)19-12-5-2-6-13-19/h1-13,15,20,27H,14H2,(H,26,28)/t20-/m0/s1. The third kappa shape index (κ3) is 6.16. The third-order valence-corrected chi connectivity index (χ3v) is 5.90. The summed E-state index contributed by atoms with van der Waals surface area (Å²) < 4.78 is 66.7. The van der Waals surface area contributed by atoms with Gasteiger partial charge in [0.2, 0.25) is 15.9 Å². The molecule has 3 rings (SSSR count). The molecule has 1 atom stereocenters. The van der Waals surface area contributed by atoms with Gasteiger partial charge >= 0.3 is 6.18 Å². The van der Waals surface area contributed by atoms with E-state index in [1.807, 2.05) is 0 Å². The number of anilines is 1. The fraction of sp³-hybridized carbons (Fsp3) is 0.136. The highest BCUT2D eigenvalue weighted by atomic mass is 32.2. The number of hydrogen-bond acceptors (Lipinski definition) is 3. The van der Waals surface area contributed by atoms with Gasteiger partial charge in [0.05, 0.1) is 10.5 Å². The second-order valence-corrected chi connectivity index (χ2v) is 8.46. The minimum absolute atomic E-state index is 0.0116. The Hall–Kier alpha value is -3.17. The monoisotopic (exact) mass is 448 g/mol. The first-order valence-corrected chi connectivity index (χ1v) is 10.7. The molecule has 0 bridgehead atoms. The Morgan fingerprint density at radius 1 is 0.871 bits per heavy atom. The van der Waals surface area contributed by atoms with Crippen LogP contribution >= 0.6 is 0 Å². The molecule has 0 aliphatic heterocycles. The fourth-order valence-corrected chi connectivity index (χ4v) is 4.11. The van der Waals surface area contributed by atoms with Crippen molar-refractivity contribution in [2.45, 2.75) is 23.5 Å². The van der Waals surface area contributed by atoms with Crippen LogP contribution in [0.5, 0.6) is 0 Å². The molecule has 0 saturated carbocycles. The molecule has 9 heteroatoms. The lowest BCUT2D eigenvalue weighted by Gasteiger charge is -2.19. The molecule has 162 valence electrons. The van der Waals surface area contributed by atoms with Crippen LogP contribution in [-0.4, -0.2) is 20.4 Å². The molecule has 0 unspecified atom stereocenters. The highest BCUT2D eigenvalue weighted by Crippen LogP contribution is 2.30. The van der Waals surface area contributed by atoms with Crippen molar-refractivity contribution in [2.75, 3.05) is 5.32 Å². The molecule has 5 nitrogen and oxygen atoms in total. The Morgan fingerprint density at radius 3 is 2.10 bits per heavy atom.